The van der Waals surface area contributed by atoms with E-state index >= 15 is 0 Å². The van der Waals surface area contributed by atoms with Crippen molar-refractivity contribution in [3.05, 3.63) is 28.8 Å². The fraction of sp³-hybridized carbons (Fsp3) is 0.500. The number of thiazole rings is 1. The normalized spacial score (nSPS) is 14.7. The highest BCUT2D eigenvalue weighted by Gasteiger charge is 2.22. The van der Waals surface area contributed by atoms with Gasteiger partial charge in [0.05, 0.1) is 17.8 Å². The molecule has 2 aromatic rings. The first-order valence-corrected chi connectivity index (χ1v) is 9.06. The topological polar surface area (TPSA) is 71.5 Å². The lowest BCUT2D eigenvalue weighted by Gasteiger charge is -2.34. The predicted octanol–water partition coefficient (Wildman–Crippen LogP) is 1.61. The molecule has 1 fully saturated rings. The van der Waals surface area contributed by atoms with Crippen LogP contribution in [0.1, 0.15) is 19.0 Å². The quantitative estimate of drug-likeness (QED) is 0.791. The number of piperazine rings is 1. The van der Waals surface area contributed by atoms with Gasteiger partial charge in [0.1, 0.15) is 0 Å². The minimum atomic E-state index is 0.187. The van der Waals surface area contributed by atoms with Gasteiger partial charge in [-0.2, -0.15) is 4.98 Å². The first-order valence-electron chi connectivity index (χ1n) is 8.12. The van der Waals surface area contributed by atoms with Crippen LogP contribution in [0.25, 0.3) is 0 Å². The zero-order valence-corrected chi connectivity index (χ0v) is 14.5. The molecule has 0 N–H and O–H groups in total. The number of aryl methyl sites for hydroxylation is 1. The maximum atomic E-state index is 12.3. The highest BCUT2D eigenvalue weighted by molar-refractivity contribution is 7.07. The van der Waals surface area contributed by atoms with Gasteiger partial charge in [0.2, 0.25) is 17.7 Å². The summed E-state index contributed by atoms with van der Waals surface area (Å²) in [6.07, 6.45) is 2.93. The van der Waals surface area contributed by atoms with E-state index in [2.05, 4.69) is 19.9 Å². The van der Waals surface area contributed by atoms with Crippen molar-refractivity contribution in [3.8, 4) is 5.88 Å². The van der Waals surface area contributed by atoms with Crippen molar-refractivity contribution in [2.75, 3.05) is 37.7 Å². The first kappa shape index (κ1) is 16.6. The molecule has 0 unspecified atom stereocenters. The van der Waals surface area contributed by atoms with Crippen molar-refractivity contribution in [3.63, 3.8) is 0 Å². The molecule has 2 aromatic heterocycles. The van der Waals surface area contributed by atoms with Crippen LogP contribution in [0, 0.1) is 0 Å². The molecule has 0 radical (unpaired) electrons. The Bertz CT molecular complexity index is 656. The molecule has 128 valence electrons. The summed E-state index contributed by atoms with van der Waals surface area (Å²) in [6.45, 7) is 5.36. The molecule has 3 heterocycles. The molecule has 3 rings (SSSR count). The third-order valence-corrected chi connectivity index (χ3v) is 4.54. The first-order chi connectivity index (χ1) is 11.8. The standard InChI is InChI=1S/C16H21N5O2S/c1-2-23-14-5-6-17-16(19-14)21-9-7-20(8-10-21)15(22)4-3-13-11-24-12-18-13/h5-6,11-12H,2-4,7-10H2,1H3. The molecule has 0 saturated carbocycles. The zero-order chi connectivity index (χ0) is 16.8. The van der Waals surface area contributed by atoms with E-state index in [0.29, 0.717) is 44.4 Å². The van der Waals surface area contributed by atoms with Crippen LogP contribution in [0.3, 0.4) is 0 Å². The van der Waals surface area contributed by atoms with Crippen molar-refractivity contribution < 1.29 is 9.53 Å². The predicted molar refractivity (Wildman–Crippen MR) is 92.4 cm³/mol. The summed E-state index contributed by atoms with van der Waals surface area (Å²) in [7, 11) is 0. The average Bonchev–Trinajstić information content (AvgIpc) is 3.14. The second kappa shape index (κ2) is 8.05. The lowest BCUT2D eigenvalue weighted by Crippen LogP contribution is -2.49. The summed E-state index contributed by atoms with van der Waals surface area (Å²) in [5.41, 5.74) is 2.79. The van der Waals surface area contributed by atoms with E-state index in [9.17, 15) is 4.79 Å². The molecule has 1 aliphatic heterocycles. The Balaban J connectivity index is 1.50. The number of hydrogen-bond donors (Lipinski definition) is 0. The Morgan fingerprint density at radius 1 is 1.29 bits per heavy atom. The molecule has 0 bridgehead atoms. The van der Waals surface area contributed by atoms with E-state index in [1.807, 2.05) is 17.2 Å². The molecular weight excluding hydrogens is 326 g/mol. The number of carbonyl (C=O) groups is 1. The molecule has 0 aromatic carbocycles. The van der Waals surface area contributed by atoms with Gasteiger partial charge < -0.3 is 14.5 Å². The van der Waals surface area contributed by atoms with Crippen LogP contribution in [0.2, 0.25) is 0 Å². The van der Waals surface area contributed by atoms with E-state index in [-0.39, 0.29) is 5.91 Å². The highest BCUT2D eigenvalue weighted by atomic mass is 32.1. The van der Waals surface area contributed by atoms with Crippen molar-refractivity contribution in [1.82, 2.24) is 19.9 Å². The summed E-state index contributed by atoms with van der Waals surface area (Å²) in [6, 6.07) is 1.76. The number of amides is 1. The molecule has 0 aliphatic carbocycles. The van der Waals surface area contributed by atoms with E-state index in [1.54, 1.807) is 29.1 Å². The lowest BCUT2D eigenvalue weighted by molar-refractivity contribution is -0.131. The van der Waals surface area contributed by atoms with Gasteiger partial charge in [-0.05, 0) is 13.3 Å². The fourth-order valence-electron chi connectivity index (χ4n) is 2.62. The molecule has 7 nitrogen and oxygen atoms in total. The van der Waals surface area contributed by atoms with Gasteiger partial charge >= 0.3 is 0 Å². The molecular formula is C16H21N5O2S. The smallest absolute Gasteiger partial charge is 0.228 e. The van der Waals surface area contributed by atoms with Crippen molar-refractivity contribution in [2.24, 2.45) is 0 Å². The van der Waals surface area contributed by atoms with Gasteiger partial charge in [-0.25, -0.2) is 9.97 Å². The van der Waals surface area contributed by atoms with Gasteiger partial charge in [0.15, 0.2) is 0 Å². The maximum Gasteiger partial charge on any atom is 0.228 e. The van der Waals surface area contributed by atoms with Crippen LogP contribution < -0.4 is 9.64 Å². The van der Waals surface area contributed by atoms with E-state index in [0.717, 1.165) is 18.8 Å². The number of rotatable bonds is 6. The van der Waals surface area contributed by atoms with Gasteiger partial charge in [-0.3, -0.25) is 4.79 Å². The molecule has 0 spiro atoms. The largest absolute Gasteiger partial charge is 0.478 e. The minimum absolute atomic E-state index is 0.187. The lowest BCUT2D eigenvalue weighted by atomic mass is 10.2. The molecule has 24 heavy (non-hydrogen) atoms. The van der Waals surface area contributed by atoms with E-state index in [4.69, 9.17) is 4.74 Å². The molecule has 1 saturated heterocycles. The third kappa shape index (κ3) is 4.19. The molecule has 8 heteroatoms. The van der Waals surface area contributed by atoms with Crippen LogP contribution in [-0.4, -0.2) is 58.5 Å². The average molecular weight is 347 g/mol. The number of aromatic nitrogens is 3. The summed E-state index contributed by atoms with van der Waals surface area (Å²) in [5, 5.41) is 1.99. The van der Waals surface area contributed by atoms with Gasteiger partial charge in [0, 0.05) is 50.2 Å². The number of nitrogens with zero attached hydrogens (tertiary/aromatic N) is 5. The molecule has 1 amide bonds. The van der Waals surface area contributed by atoms with Crippen LogP contribution in [0.5, 0.6) is 5.88 Å². The Labute approximate surface area is 145 Å². The SMILES string of the molecule is CCOc1ccnc(N2CCN(C(=O)CCc3cscn3)CC2)n1. The molecule has 1 aliphatic rings. The van der Waals surface area contributed by atoms with Gasteiger partial charge in [-0.1, -0.05) is 0 Å². The Hall–Kier alpha value is -2.22. The molecule has 0 atom stereocenters. The van der Waals surface area contributed by atoms with Gasteiger partial charge in [-0.15, -0.1) is 11.3 Å². The van der Waals surface area contributed by atoms with E-state index in [1.165, 1.54) is 0 Å². The Morgan fingerprint density at radius 2 is 2.12 bits per heavy atom. The summed E-state index contributed by atoms with van der Waals surface area (Å²) >= 11 is 1.56. The minimum Gasteiger partial charge on any atom is -0.478 e. The number of hydrogen-bond acceptors (Lipinski definition) is 7. The van der Waals surface area contributed by atoms with Gasteiger partial charge in [0.25, 0.3) is 0 Å². The van der Waals surface area contributed by atoms with Crippen molar-refractivity contribution in [2.45, 2.75) is 19.8 Å². The van der Waals surface area contributed by atoms with Crippen molar-refractivity contribution in [1.29, 1.82) is 0 Å². The van der Waals surface area contributed by atoms with E-state index < -0.39 is 0 Å². The van der Waals surface area contributed by atoms with Crippen LogP contribution in [0.15, 0.2) is 23.2 Å². The summed E-state index contributed by atoms with van der Waals surface area (Å²) < 4.78 is 5.42. The fourth-order valence-corrected chi connectivity index (χ4v) is 3.22. The maximum absolute atomic E-state index is 12.3. The number of carbonyl (C=O) groups excluding carboxylic acids is 1. The third-order valence-electron chi connectivity index (χ3n) is 3.90. The second-order valence-corrected chi connectivity index (χ2v) is 6.19. The van der Waals surface area contributed by atoms with Crippen LogP contribution >= 0.6 is 11.3 Å². The van der Waals surface area contributed by atoms with Crippen molar-refractivity contribution >= 4 is 23.2 Å². The Kier molecular flexibility index (Phi) is 5.58. The Morgan fingerprint density at radius 3 is 2.83 bits per heavy atom. The number of anilines is 1. The summed E-state index contributed by atoms with van der Waals surface area (Å²) in [5.74, 6) is 1.44. The van der Waals surface area contributed by atoms with Crippen LogP contribution in [-0.2, 0) is 11.2 Å². The second-order valence-electron chi connectivity index (χ2n) is 5.48. The zero-order valence-electron chi connectivity index (χ0n) is 13.7. The monoisotopic (exact) mass is 347 g/mol. The highest BCUT2D eigenvalue weighted by Crippen LogP contribution is 2.15. The summed E-state index contributed by atoms with van der Waals surface area (Å²) in [4.78, 5) is 29.2. The number of ether oxygens (including phenoxy) is 1. The van der Waals surface area contributed by atoms with Crippen LogP contribution in [0.4, 0.5) is 5.95 Å².